The number of aryl methyl sites for hydroxylation is 1. The van der Waals surface area contributed by atoms with E-state index in [0.717, 1.165) is 19.6 Å². The number of hydrogen-bond acceptors (Lipinski definition) is 3. The molecule has 0 amide bonds. The third-order valence-electron chi connectivity index (χ3n) is 4.29. The predicted molar refractivity (Wildman–Crippen MR) is 70.4 cm³/mol. The Morgan fingerprint density at radius 3 is 2.94 bits per heavy atom. The van der Waals surface area contributed by atoms with Gasteiger partial charge in [-0.05, 0) is 31.4 Å². The van der Waals surface area contributed by atoms with Gasteiger partial charge in [-0.3, -0.25) is 4.98 Å². The van der Waals surface area contributed by atoms with E-state index in [0.29, 0.717) is 5.54 Å². The van der Waals surface area contributed by atoms with Crippen molar-refractivity contribution in [2.45, 2.75) is 38.1 Å². The molecule has 3 nitrogen and oxygen atoms in total. The Labute approximate surface area is 103 Å². The van der Waals surface area contributed by atoms with Gasteiger partial charge in [-0.2, -0.15) is 0 Å². The van der Waals surface area contributed by atoms with E-state index in [2.05, 4.69) is 28.2 Å². The summed E-state index contributed by atoms with van der Waals surface area (Å²) in [7, 11) is 0. The first-order valence-electron chi connectivity index (χ1n) is 6.70. The van der Waals surface area contributed by atoms with Gasteiger partial charge in [0.1, 0.15) is 0 Å². The van der Waals surface area contributed by atoms with Crippen molar-refractivity contribution < 1.29 is 0 Å². The van der Waals surface area contributed by atoms with Crippen molar-refractivity contribution in [1.82, 2.24) is 10.3 Å². The molecule has 0 atom stereocenters. The van der Waals surface area contributed by atoms with E-state index in [1.54, 1.807) is 0 Å². The second-order valence-electron chi connectivity index (χ2n) is 5.50. The van der Waals surface area contributed by atoms with Gasteiger partial charge in [0.2, 0.25) is 0 Å². The molecule has 1 aliphatic heterocycles. The van der Waals surface area contributed by atoms with Crippen LogP contribution in [0.2, 0.25) is 0 Å². The summed E-state index contributed by atoms with van der Waals surface area (Å²) in [4.78, 5) is 6.79. The number of anilines is 1. The average molecular weight is 231 g/mol. The fourth-order valence-electron chi connectivity index (χ4n) is 3.34. The van der Waals surface area contributed by atoms with E-state index < -0.39 is 0 Å². The van der Waals surface area contributed by atoms with E-state index in [9.17, 15) is 0 Å². The standard InChI is InChI=1S/C14H21N3/c1-12-4-7-15-10-13(12)17-9-8-16-14(11-17)5-2-3-6-14/h4,7,10,16H,2-3,5-6,8-9,11H2,1H3. The van der Waals surface area contributed by atoms with E-state index in [1.807, 2.05) is 12.4 Å². The molecule has 3 heteroatoms. The van der Waals surface area contributed by atoms with Crippen LogP contribution in [-0.2, 0) is 0 Å². The van der Waals surface area contributed by atoms with Gasteiger partial charge in [0.15, 0.2) is 0 Å². The molecule has 1 saturated carbocycles. The fraction of sp³-hybridized carbons (Fsp3) is 0.643. The number of nitrogens with zero attached hydrogens (tertiary/aromatic N) is 2. The Balaban J connectivity index is 1.82. The largest absolute Gasteiger partial charge is 0.367 e. The maximum Gasteiger partial charge on any atom is 0.0583 e. The minimum absolute atomic E-state index is 0.389. The molecule has 0 unspecified atom stereocenters. The molecule has 0 radical (unpaired) electrons. The van der Waals surface area contributed by atoms with Crippen LogP contribution in [-0.4, -0.2) is 30.2 Å². The Kier molecular flexibility index (Phi) is 2.79. The summed E-state index contributed by atoms with van der Waals surface area (Å²) in [5.74, 6) is 0. The summed E-state index contributed by atoms with van der Waals surface area (Å²) in [5.41, 5.74) is 3.05. The smallest absolute Gasteiger partial charge is 0.0583 e. The molecule has 92 valence electrons. The topological polar surface area (TPSA) is 28.2 Å². The van der Waals surface area contributed by atoms with Crippen LogP contribution in [0.3, 0.4) is 0 Å². The number of rotatable bonds is 1. The first-order chi connectivity index (χ1) is 8.29. The third kappa shape index (κ3) is 2.04. The van der Waals surface area contributed by atoms with E-state index in [4.69, 9.17) is 0 Å². The molecule has 3 rings (SSSR count). The summed E-state index contributed by atoms with van der Waals surface area (Å²) in [6.45, 7) is 5.54. The van der Waals surface area contributed by atoms with Crippen molar-refractivity contribution in [1.29, 1.82) is 0 Å². The third-order valence-corrected chi connectivity index (χ3v) is 4.29. The van der Waals surface area contributed by atoms with Gasteiger partial charge in [0.25, 0.3) is 0 Å². The van der Waals surface area contributed by atoms with Crippen LogP contribution < -0.4 is 10.2 Å². The normalized spacial score (nSPS) is 23.2. The van der Waals surface area contributed by atoms with Crippen molar-refractivity contribution in [3.63, 3.8) is 0 Å². The van der Waals surface area contributed by atoms with Crippen LogP contribution in [0.5, 0.6) is 0 Å². The predicted octanol–water partition coefficient (Wildman–Crippen LogP) is 2.11. The number of hydrogen-bond donors (Lipinski definition) is 1. The fourth-order valence-corrected chi connectivity index (χ4v) is 3.34. The second kappa shape index (κ2) is 4.30. The molecule has 2 fully saturated rings. The van der Waals surface area contributed by atoms with Gasteiger partial charge >= 0.3 is 0 Å². The Hall–Kier alpha value is -1.09. The van der Waals surface area contributed by atoms with Gasteiger partial charge in [-0.1, -0.05) is 12.8 Å². The second-order valence-corrected chi connectivity index (χ2v) is 5.50. The summed E-state index contributed by atoms with van der Waals surface area (Å²) in [5, 5.41) is 3.75. The molecule has 2 heterocycles. The minimum atomic E-state index is 0.389. The summed E-state index contributed by atoms with van der Waals surface area (Å²) < 4.78 is 0. The molecule has 17 heavy (non-hydrogen) atoms. The maximum absolute atomic E-state index is 4.27. The van der Waals surface area contributed by atoms with Crippen LogP contribution in [0.15, 0.2) is 18.5 Å². The van der Waals surface area contributed by atoms with Crippen LogP contribution in [0.1, 0.15) is 31.2 Å². The van der Waals surface area contributed by atoms with Crippen molar-refractivity contribution in [2.24, 2.45) is 0 Å². The molecule has 1 saturated heterocycles. The zero-order valence-corrected chi connectivity index (χ0v) is 10.6. The summed E-state index contributed by atoms with van der Waals surface area (Å²) in [6.07, 6.45) is 9.33. The van der Waals surface area contributed by atoms with Gasteiger partial charge in [0, 0.05) is 31.4 Å². The molecule has 0 bridgehead atoms. The van der Waals surface area contributed by atoms with Crippen LogP contribution in [0, 0.1) is 6.92 Å². The lowest BCUT2D eigenvalue weighted by atomic mass is 9.94. The van der Waals surface area contributed by atoms with Crippen molar-refractivity contribution in [3.8, 4) is 0 Å². The number of pyridine rings is 1. The SMILES string of the molecule is Cc1ccncc1N1CCNC2(CCCC2)C1. The van der Waals surface area contributed by atoms with Crippen LogP contribution in [0.25, 0.3) is 0 Å². The quantitative estimate of drug-likeness (QED) is 0.802. The molecule has 1 aromatic heterocycles. The lowest BCUT2D eigenvalue weighted by Gasteiger charge is -2.43. The minimum Gasteiger partial charge on any atom is -0.367 e. The van der Waals surface area contributed by atoms with E-state index >= 15 is 0 Å². The lowest BCUT2D eigenvalue weighted by molar-refractivity contribution is 0.303. The lowest BCUT2D eigenvalue weighted by Crippen LogP contribution is -2.59. The van der Waals surface area contributed by atoms with Crippen molar-refractivity contribution >= 4 is 5.69 Å². The monoisotopic (exact) mass is 231 g/mol. The zero-order chi connectivity index (χ0) is 11.7. The van der Waals surface area contributed by atoms with Gasteiger partial charge in [-0.15, -0.1) is 0 Å². The highest BCUT2D eigenvalue weighted by Crippen LogP contribution is 2.33. The van der Waals surface area contributed by atoms with Gasteiger partial charge in [-0.25, -0.2) is 0 Å². The maximum atomic E-state index is 4.27. The van der Waals surface area contributed by atoms with Gasteiger partial charge < -0.3 is 10.2 Å². The highest BCUT2D eigenvalue weighted by Gasteiger charge is 2.37. The highest BCUT2D eigenvalue weighted by atomic mass is 15.2. The van der Waals surface area contributed by atoms with E-state index in [1.165, 1.54) is 36.9 Å². The number of nitrogens with one attached hydrogen (secondary N) is 1. The molecule has 1 N–H and O–H groups in total. The summed E-state index contributed by atoms with van der Waals surface area (Å²) in [6, 6.07) is 2.11. The molecule has 0 aromatic carbocycles. The Morgan fingerprint density at radius 1 is 1.35 bits per heavy atom. The molecular formula is C14H21N3. The first kappa shape index (κ1) is 11.0. The molecule has 2 aliphatic rings. The van der Waals surface area contributed by atoms with Crippen LogP contribution in [0.4, 0.5) is 5.69 Å². The Bertz CT molecular complexity index is 396. The molecule has 1 spiro atoms. The van der Waals surface area contributed by atoms with Crippen molar-refractivity contribution in [3.05, 3.63) is 24.0 Å². The molecular weight excluding hydrogens is 210 g/mol. The highest BCUT2D eigenvalue weighted by molar-refractivity contribution is 5.52. The molecule has 1 aliphatic carbocycles. The molecule has 1 aromatic rings. The number of piperazine rings is 1. The summed E-state index contributed by atoms with van der Waals surface area (Å²) >= 11 is 0. The Morgan fingerprint density at radius 2 is 2.18 bits per heavy atom. The van der Waals surface area contributed by atoms with Crippen molar-refractivity contribution in [2.75, 3.05) is 24.5 Å². The van der Waals surface area contributed by atoms with Crippen LogP contribution >= 0.6 is 0 Å². The first-order valence-corrected chi connectivity index (χ1v) is 6.70. The van der Waals surface area contributed by atoms with Gasteiger partial charge in [0.05, 0.1) is 11.9 Å². The van der Waals surface area contributed by atoms with E-state index in [-0.39, 0.29) is 0 Å². The zero-order valence-electron chi connectivity index (χ0n) is 10.6. The number of aromatic nitrogens is 1. The average Bonchev–Trinajstić information content (AvgIpc) is 2.78.